The lowest BCUT2D eigenvalue weighted by atomic mass is 10.2. The highest BCUT2D eigenvalue weighted by molar-refractivity contribution is 7.82. The summed E-state index contributed by atoms with van der Waals surface area (Å²) in [6.45, 7) is 0. The van der Waals surface area contributed by atoms with Crippen molar-refractivity contribution in [2.24, 2.45) is 5.73 Å². The van der Waals surface area contributed by atoms with E-state index in [1.54, 1.807) is 0 Å². The molecule has 0 heterocycles. The third-order valence-electron chi connectivity index (χ3n) is 2.68. The van der Waals surface area contributed by atoms with Crippen LogP contribution in [0.5, 0.6) is 0 Å². The third kappa shape index (κ3) is 3.73. The number of urea groups is 1. The van der Waals surface area contributed by atoms with Gasteiger partial charge in [0.05, 0.1) is 5.69 Å². The van der Waals surface area contributed by atoms with Crippen LogP contribution in [0.4, 0.5) is 20.6 Å². The minimum absolute atomic E-state index is 0.333. The molecule has 0 fully saturated rings. The lowest BCUT2D eigenvalue weighted by Gasteiger charge is -2.16. The average Bonchev–Trinajstić information content (AvgIpc) is 2.49. The predicted octanol–water partition coefficient (Wildman–Crippen LogP) is 2.81. The van der Waals surface area contributed by atoms with Gasteiger partial charge in [-0.15, -0.1) is 0 Å². The molecule has 3 N–H and O–H groups in total. The zero-order valence-corrected chi connectivity index (χ0v) is 11.7. The zero-order valence-electron chi connectivity index (χ0n) is 10.8. The summed E-state index contributed by atoms with van der Waals surface area (Å²) in [6, 6.07) is 10.9. The summed E-state index contributed by atoms with van der Waals surface area (Å²) in [5, 5.41) is 2.56. The molecule has 3 amide bonds. The van der Waals surface area contributed by atoms with Gasteiger partial charge in [-0.1, -0.05) is 12.8 Å². The van der Waals surface area contributed by atoms with Crippen LogP contribution in [-0.4, -0.2) is 11.9 Å². The molecule has 108 valence electrons. The van der Waals surface area contributed by atoms with E-state index in [1.165, 1.54) is 48.5 Å². The minimum atomic E-state index is -0.553. The van der Waals surface area contributed by atoms with Gasteiger partial charge in [-0.25, -0.2) is 13.5 Å². The van der Waals surface area contributed by atoms with Crippen LogP contribution in [0.1, 0.15) is 10.4 Å². The van der Waals surface area contributed by atoms with Crippen LogP contribution in [0.3, 0.4) is 0 Å². The Hall–Kier alpha value is -2.54. The van der Waals surface area contributed by atoms with Gasteiger partial charge in [0.15, 0.2) is 0 Å². The first-order valence-electron chi connectivity index (χ1n) is 5.93. The van der Waals surface area contributed by atoms with E-state index in [1.807, 2.05) is 0 Å². The zero-order chi connectivity index (χ0) is 15.4. The molecule has 0 aliphatic heterocycles. The van der Waals surface area contributed by atoms with E-state index in [0.29, 0.717) is 16.9 Å². The molecule has 0 saturated carbocycles. The van der Waals surface area contributed by atoms with Crippen LogP contribution in [-0.2, 0) is 0 Å². The first kappa shape index (κ1) is 14.9. The summed E-state index contributed by atoms with van der Waals surface area (Å²) in [5.41, 5.74) is 6.37. The molecular formula is C14H12FN3O2S. The van der Waals surface area contributed by atoms with E-state index < -0.39 is 17.8 Å². The van der Waals surface area contributed by atoms with E-state index in [0.717, 1.165) is 4.31 Å². The monoisotopic (exact) mass is 305 g/mol. The summed E-state index contributed by atoms with van der Waals surface area (Å²) in [4.78, 5) is 22.9. The first-order chi connectivity index (χ1) is 9.97. The second-order valence-corrected chi connectivity index (χ2v) is 4.56. The number of thiol groups is 1. The lowest BCUT2D eigenvalue weighted by molar-refractivity contribution is 0.100. The number of benzene rings is 2. The third-order valence-corrected chi connectivity index (χ3v) is 3.10. The summed E-state index contributed by atoms with van der Waals surface area (Å²) >= 11 is 4.08. The highest BCUT2D eigenvalue weighted by Gasteiger charge is 2.12. The standard InChI is InChI=1S/C14H12FN3O2S/c15-10-3-5-11(6-4-10)17-14(20)18(21)12-7-1-9(2-8-12)13(16)19/h1-8,21H,(H2,16,19)(H,17,20). The number of hydrogen-bond donors (Lipinski definition) is 3. The molecule has 0 radical (unpaired) electrons. The van der Waals surface area contributed by atoms with Crippen molar-refractivity contribution < 1.29 is 14.0 Å². The first-order valence-corrected chi connectivity index (χ1v) is 6.33. The predicted molar refractivity (Wildman–Crippen MR) is 81.8 cm³/mol. The maximum absolute atomic E-state index is 12.8. The molecule has 0 atom stereocenters. The molecule has 2 aromatic carbocycles. The van der Waals surface area contributed by atoms with Gasteiger partial charge in [0.25, 0.3) is 0 Å². The Bertz CT molecular complexity index is 659. The van der Waals surface area contributed by atoms with Crippen molar-refractivity contribution in [2.45, 2.75) is 0 Å². The molecule has 0 bridgehead atoms. The van der Waals surface area contributed by atoms with Crippen molar-refractivity contribution in [3.05, 3.63) is 59.9 Å². The normalized spacial score (nSPS) is 10.0. The molecule has 2 aromatic rings. The summed E-state index contributed by atoms with van der Waals surface area (Å²) in [6.07, 6.45) is 0. The van der Waals surface area contributed by atoms with Gasteiger partial charge < -0.3 is 11.1 Å². The average molecular weight is 305 g/mol. The molecule has 0 aromatic heterocycles. The van der Waals surface area contributed by atoms with Crippen LogP contribution in [0, 0.1) is 5.82 Å². The van der Waals surface area contributed by atoms with Crippen LogP contribution >= 0.6 is 12.8 Å². The van der Waals surface area contributed by atoms with Crippen molar-refractivity contribution in [1.29, 1.82) is 0 Å². The van der Waals surface area contributed by atoms with Crippen LogP contribution in [0.25, 0.3) is 0 Å². The number of anilines is 2. The maximum atomic E-state index is 12.8. The SMILES string of the molecule is NC(=O)c1ccc(N(S)C(=O)Nc2ccc(F)cc2)cc1. The Kier molecular flexibility index (Phi) is 4.44. The molecule has 0 spiro atoms. The van der Waals surface area contributed by atoms with Crippen LogP contribution < -0.4 is 15.4 Å². The smallest absolute Gasteiger partial charge is 0.336 e. The largest absolute Gasteiger partial charge is 0.366 e. The molecule has 2 rings (SSSR count). The fraction of sp³-hybridized carbons (Fsp3) is 0. The van der Waals surface area contributed by atoms with Crippen molar-refractivity contribution >= 4 is 36.1 Å². The van der Waals surface area contributed by atoms with Crippen molar-refractivity contribution in [3.63, 3.8) is 0 Å². The van der Waals surface area contributed by atoms with Gasteiger partial charge in [-0.3, -0.25) is 4.79 Å². The Morgan fingerprint density at radius 2 is 1.62 bits per heavy atom. The number of amides is 3. The Morgan fingerprint density at radius 3 is 2.14 bits per heavy atom. The van der Waals surface area contributed by atoms with E-state index in [4.69, 9.17) is 5.73 Å². The Balaban J connectivity index is 2.08. The van der Waals surface area contributed by atoms with Crippen molar-refractivity contribution in [1.82, 2.24) is 0 Å². The molecule has 0 saturated heterocycles. The Morgan fingerprint density at radius 1 is 1.05 bits per heavy atom. The highest BCUT2D eigenvalue weighted by Crippen LogP contribution is 2.19. The number of primary amides is 1. The van der Waals surface area contributed by atoms with Gasteiger partial charge in [-0.05, 0) is 48.5 Å². The Labute approximate surface area is 126 Å². The quantitative estimate of drug-likeness (QED) is 0.763. The summed E-state index contributed by atoms with van der Waals surface area (Å²) < 4.78 is 13.8. The number of hydrogen-bond acceptors (Lipinski definition) is 3. The minimum Gasteiger partial charge on any atom is -0.366 e. The van der Waals surface area contributed by atoms with Gasteiger partial charge in [0, 0.05) is 11.3 Å². The molecule has 5 nitrogen and oxygen atoms in total. The number of nitrogens with one attached hydrogen (secondary N) is 1. The second kappa shape index (κ2) is 6.27. The molecular weight excluding hydrogens is 293 g/mol. The van der Waals surface area contributed by atoms with Gasteiger partial charge >= 0.3 is 6.03 Å². The van der Waals surface area contributed by atoms with Crippen LogP contribution in [0.2, 0.25) is 0 Å². The van der Waals surface area contributed by atoms with Crippen molar-refractivity contribution in [2.75, 3.05) is 9.62 Å². The number of carbonyl (C=O) groups excluding carboxylic acids is 2. The number of halogens is 1. The molecule has 7 heteroatoms. The van der Waals surface area contributed by atoms with Gasteiger partial charge in [-0.2, -0.15) is 0 Å². The second-order valence-electron chi connectivity index (χ2n) is 4.16. The topological polar surface area (TPSA) is 75.4 Å². The molecule has 0 aliphatic carbocycles. The lowest BCUT2D eigenvalue weighted by Crippen LogP contribution is -2.26. The van der Waals surface area contributed by atoms with Gasteiger partial charge in [0.1, 0.15) is 5.82 Å². The fourth-order valence-corrected chi connectivity index (χ4v) is 1.78. The summed E-state index contributed by atoms with van der Waals surface area (Å²) in [5.74, 6) is -0.944. The maximum Gasteiger partial charge on any atom is 0.336 e. The summed E-state index contributed by atoms with van der Waals surface area (Å²) in [7, 11) is 0. The number of rotatable bonds is 3. The number of nitrogens with zero attached hydrogens (tertiary/aromatic N) is 1. The highest BCUT2D eigenvalue weighted by atomic mass is 32.1. The van der Waals surface area contributed by atoms with E-state index in [9.17, 15) is 14.0 Å². The fourth-order valence-electron chi connectivity index (χ4n) is 1.59. The van der Waals surface area contributed by atoms with E-state index >= 15 is 0 Å². The molecule has 0 aliphatic rings. The van der Waals surface area contributed by atoms with Crippen molar-refractivity contribution in [3.8, 4) is 0 Å². The molecule has 0 unspecified atom stereocenters. The number of carbonyl (C=O) groups is 2. The van der Waals surface area contributed by atoms with Gasteiger partial charge in [0.2, 0.25) is 5.91 Å². The number of nitrogens with two attached hydrogens (primary N) is 1. The molecule has 21 heavy (non-hydrogen) atoms. The van der Waals surface area contributed by atoms with E-state index in [2.05, 4.69) is 18.1 Å². The van der Waals surface area contributed by atoms with Crippen LogP contribution in [0.15, 0.2) is 48.5 Å². The van der Waals surface area contributed by atoms with E-state index in [-0.39, 0.29) is 0 Å².